The number of phenols is 1. The Morgan fingerprint density at radius 2 is 1.53 bits per heavy atom. The van der Waals surface area contributed by atoms with E-state index < -0.39 is 54.3 Å². The highest BCUT2D eigenvalue weighted by molar-refractivity contribution is 7.91. The molecule has 1 aromatic heterocycles. The van der Waals surface area contributed by atoms with Gasteiger partial charge in [-0.1, -0.05) is 0 Å². The van der Waals surface area contributed by atoms with Crippen LogP contribution < -0.4 is 0 Å². The molecule has 194 valence electrons. The molecular formula is C18H18N4O11S3. The molecule has 0 spiro atoms. The van der Waals surface area contributed by atoms with E-state index in [2.05, 4.69) is 19.5 Å². The molecule has 3 aromatic rings. The van der Waals surface area contributed by atoms with Gasteiger partial charge < -0.3 is 10.2 Å². The number of azo groups is 1. The summed E-state index contributed by atoms with van der Waals surface area (Å²) in [7, 11) is -13.4. The summed E-state index contributed by atoms with van der Waals surface area (Å²) in [5.74, 6) is -1.78. The molecule has 0 aliphatic rings. The number of nitrogens with zero attached hydrogens (tertiary/aromatic N) is 4. The van der Waals surface area contributed by atoms with Gasteiger partial charge in [-0.05, 0) is 49.4 Å². The third-order valence-corrected chi connectivity index (χ3v) is 7.54. The lowest BCUT2D eigenvalue weighted by molar-refractivity contribution is 0.284. The van der Waals surface area contributed by atoms with Gasteiger partial charge in [0, 0.05) is 0 Å². The van der Waals surface area contributed by atoms with Crippen molar-refractivity contribution >= 4 is 41.7 Å². The fourth-order valence-corrected chi connectivity index (χ4v) is 4.80. The average molecular weight is 563 g/mol. The molecule has 0 aliphatic carbocycles. The molecule has 0 fully saturated rings. The second-order valence-corrected chi connectivity index (χ2v) is 11.7. The van der Waals surface area contributed by atoms with Crippen LogP contribution in [0.4, 0.5) is 11.4 Å². The standard InChI is InChI=1S/C18H18N4O11S3/c1-11-17(18(24)22(21-11)12-2-4-13(5-3-12)35(27,28)29)20-19-15-10-14(6-7-16(15)23)34(25,26)9-8-33-36(30,31)32/h2-7,10,23-24H,8-9H2,1H3,(H,27,28,29)(H,30,31,32)/b20-19+. The summed E-state index contributed by atoms with van der Waals surface area (Å²) in [5, 5.41) is 32.2. The van der Waals surface area contributed by atoms with Crippen LogP contribution in [-0.2, 0) is 34.5 Å². The largest absolute Gasteiger partial charge is 0.506 e. The van der Waals surface area contributed by atoms with Crippen molar-refractivity contribution in [3.05, 3.63) is 48.2 Å². The first kappa shape index (κ1) is 27.2. The van der Waals surface area contributed by atoms with E-state index in [0.717, 1.165) is 35.0 Å². The number of sulfone groups is 1. The molecule has 0 atom stereocenters. The zero-order valence-corrected chi connectivity index (χ0v) is 20.6. The molecule has 0 bridgehead atoms. The van der Waals surface area contributed by atoms with Crippen LogP contribution in [0.3, 0.4) is 0 Å². The summed E-state index contributed by atoms with van der Waals surface area (Å²) in [6.45, 7) is 0.615. The molecule has 0 saturated carbocycles. The van der Waals surface area contributed by atoms with Crippen LogP contribution in [0.15, 0.2) is 62.5 Å². The Morgan fingerprint density at radius 1 is 0.917 bits per heavy atom. The molecule has 2 aromatic carbocycles. The highest BCUT2D eigenvalue weighted by Gasteiger charge is 2.20. The lowest BCUT2D eigenvalue weighted by Crippen LogP contribution is -2.15. The van der Waals surface area contributed by atoms with Gasteiger partial charge in [0.1, 0.15) is 11.4 Å². The number of benzene rings is 2. The van der Waals surface area contributed by atoms with Gasteiger partial charge in [-0.2, -0.15) is 26.6 Å². The van der Waals surface area contributed by atoms with Gasteiger partial charge in [0.2, 0.25) is 5.88 Å². The highest BCUT2D eigenvalue weighted by Crippen LogP contribution is 2.36. The molecule has 15 nitrogen and oxygen atoms in total. The topological polar surface area (TPSA) is 235 Å². The quantitative estimate of drug-likeness (QED) is 0.216. The Balaban J connectivity index is 1.89. The van der Waals surface area contributed by atoms with Crippen molar-refractivity contribution in [1.29, 1.82) is 0 Å². The Bertz CT molecular complexity index is 1640. The van der Waals surface area contributed by atoms with E-state index in [1.165, 1.54) is 19.1 Å². The summed E-state index contributed by atoms with van der Waals surface area (Å²) < 4.78 is 91.0. The summed E-state index contributed by atoms with van der Waals surface area (Å²) >= 11 is 0. The molecule has 4 N–H and O–H groups in total. The van der Waals surface area contributed by atoms with Gasteiger partial charge in [-0.25, -0.2) is 12.6 Å². The Labute approximate surface area is 204 Å². The minimum Gasteiger partial charge on any atom is -0.506 e. The minimum absolute atomic E-state index is 0.150. The molecule has 0 saturated heterocycles. The predicted octanol–water partition coefficient (Wildman–Crippen LogP) is 1.85. The van der Waals surface area contributed by atoms with Gasteiger partial charge in [0.25, 0.3) is 10.1 Å². The van der Waals surface area contributed by atoms with Crippen LogP contribution in [0.1, 0.15) is 5.69 Å². The van der Waals surface area contributed by atoms with Crippen molar-refractivity contribution in [2.24, 2.45) is 10.2 Å². The maximum absolute atomic E-state index is 12.4. The second-order valence-electron chi connectivity index (χ2n) is 7.06. The number of aromatic hydroxyl groups is 2. The highest BCUT2D eigenvalue weighted by atomic mass is 32.3. The summed E-state index contributed by atoms with van der Waals surface area (Å²) in [5.41, 5.74) is -0.0767. The van der Waals surface area contributed by atoms with E-state index in [0.29, 0.717) is 0 Å². The smallest absolute Gasteiger partial charge is 0.397 e. The number of phenolic OH excluding ortho intramolecular Hbond substituents is 1. The Morgan fingerprint density at radius 3 is 2.11 bits per heavy atom. The SMILES string of the molecule is Cc1nn(-c2ccc(S(=O)(=O)O)cc2)c(O)c1/N=N/c1cc(S(=O)(=O)CCOS(=O)(=O)O)ccc1O. The lowest BCUT2D eigenvalue weighted by atomic mass is 10.3. The minimum atomic E-state index is -4.83. The van der Waals surface area contributed by atoms with Crippen LogP contribution in [0.25, 0.3) is 5.69 Å². The van der Waals surface area contributed by atoms with E-state index in [1.807, 2.05) is 0 Å². The van der Waals surface area contributed by atoms with Crippen LogP contribution in [0, 0.1) is 6.92 Å². The first-order chi connectivity index (χ1) is 16.6. The fraction of sp³-hybridized carbons (Fsp3) is 0.167. The van der Waals surface area contributed by atoms with Gasteiger partial charge in [0.15, 0.2) is 15.5 Å². The van der Waals surface area contributed by atoms with E-state index in [9.17, 15) is 35.5 Å². The van der Waals surface area contributed by atoms with Crippen molar-refractivity contribution < 1.29 is 48.8 Å². The van der Waals surface area contributed by atoms with E-state index in [1.54, 1.807) is 0 Å². The van der Waals surface area contributed by atoms with Crippen LogP contribution >= 0.6 is 0 Å². The van der Waals surface area contributed by atoms with Crippen LogP contribution in [0.2, 0.25) is 0 Å². The molecule has 0 aliphatic heterocycles. The summed E-state index contributed by atoms with van der Waals surface area (Å²) in [6, 6.07) is 7.71. The summed E-state index contributed by atoms with van der Waals surface area (Å²) in [6.07, 6.45) is 0. The maximum atomic E-state index is 12.4. The van der Waals surface area contributed by atoms with Gasteiger partial charge in [-0.15, -0.1) is 10.2 Å². The van der Waals surface area contributed by atoms with Crippen molar-refractivity contribution in [3.8, 4) is 17.3 Å². The van der Waals surface area contributed by atoms with Crippen molar-refractivity contribution in [3.63, 3.8) is 0 Å². The maximum Gasteiger partial charge on any atom is 0.397 e. The lowest BCUT2D eigenvalue weighted by Gasteiger charge is -2.06. The zero-order chi connectivity index (χ0) is 26.9. The number of aromatic nitrogens is 2. The average Bonchev–Trinajstić information content (AvgIpc) is 3.05. The molecule has 0 unspecified atom stereocenters. The van der Waals surface area contributed by atoms with Crippen LogP contribution in [-0.4, -0.2) is 66.7 Å². The van der Waals surface area contributed by atoms with E-state index >= 15 is 0 Å². The normalized spacial score (nSPS) is 12.9. The van der Waals surface area contributed by atoms with Crippen LogP contribution in [0.5, 0.6) is 11.6 Å². The fourth-order valence-electron chi connectivity index (χ4n) is 2.81. The molecule has 18 heteroatoms. The molecular weight excluding hydrogens is 544 g/mol. The predicted molar refractivity (Wildman–Crippen MR) is 122 cm³/mol. The number of hydrogen-bond acceptors (Lipinski definition) is 12. The van der Waals surface area contributed by atoms with Crippen molar-refractivity contribution in [1.82, 2.24) is 9.78 Å². The van der Waals surface area contributed by atoms with E-state index in [-0.39, 0.29) is 32.5 Å². The van der Waals surface area contributed by atoms with Crippen molar-refractivity contribution in [2.45, 2.75) is 16.7 Å². The Hall–Kier alpha value is -3.42. The molecule has 0 amide bonds. The zero-order valence-electron chi connectivity index (χ0n) is 18.1. The molecule has 3 rings (SSSR count). The van der Waals surface area contributed by atoms with E-state index in [4.69, 9.17) is 9.11 Å². The molecule has 36 heavy (non-hydrogen) atoms. The number of aryl methyl sites for hydroxylation is 1. The first-order valence-electron chi connectivity index (χ1n) is 9.54. The Kier molecular flexibility index (Phi) is 7.48. The first-order valence-corrected chi connectivity index (χ1v) is 14.0. The number of rotatable bonds is 9. The van der Waals surface area contributed by atoms with Gasteiger partial charge in [0.05, 0.1) is 33.5 Å². The second kappa shape index (κ2) is 9.91. The third-order valence-electron chi connectivity index (χ3n) is 4.53. The van der Waals surface area contributed by atoms with Gasteiger partial charge in [-0.3, -0.25) is 9.11 Å². The van der Waals surface area contributed by atoms with Crippen molar-refractivity contribution in [2.75, 3.05) is 12.4 Å². The monoisotopic (exact) mass is 562 g/mol. The number of hydrogen-bond donors (Lipinski definition) is 4. The summed E-state index contributed by atoms with van der Waals surface area (Å²) in [4.78, 5) is -0.729. The van der Waals surface area contributed by atoms with Gasteiger partial charge >= 0.3 is 10.4 Å². The third kappa shape index (κ3) is 6.42. The molecule has 1 heterocycles. The molecule has 0 radical (unpaired) electrons.